The minimum Gasteiger partial charge on any atom is -0.426 e. The van der Waals surface area contributed by atoms with Crippen LogP contribution in [0.2, 0.25) is 0 Å². The highest BCUT2D eigenvalue weighted by atomic mass is 16.6. The van der Waals surface area contributed by atoms with Crippen molar-refractivity contribution >= 4 is 11.9 Å². The van der Waals surface area contributed by atoms with Crippen LogP contribution >= 0.6 is 0 Å². The van der Waals surface area contributed by atoms with Crippen molar-refractivity contribution in [3.05, 3.63) is 24.3 Å². The largest absolute Gasteiger partial charge is 0.426 e. The molecule has 4 rings (SSSR count). The maximum Gasteiger partial charge on any atom is 0.316 e. The van der Waals surface area contributed by atoms with E-state index in [2.05, 4.69) is 0 Å². The summed E-state index contributed by atoms with van der Waals surface area (Å²) >= 11 is 0. The molecule has 0 aromatic heterocycles. The third-order valence-electron chi connectivity index (χ3n) is 6.09. The van der Waals surface area contributed by atoms with Gasteiger partial charge in [-0.15, -0.1) is 0 Å². The van der Waals surface area contributed by atoms with E-state index in [1.54, 1.807) is 24.3 Å². The Morgan fingerprint density at radius 1 is 1.08 bits per heavy atom. The highest BCUT2D eigenvalue weighted by Gasteiger charge is 2.64. The molecule has 5 unspecified atom stereocenters. The maximum atomic E-state index is 12.4. The van der Waals surface area contributed by atoms with E-state index in [0.717, 1.165) is 12.8 Å². The maximum absolute atomic E-state index is 12.4. The van der Waals surface area contributed by atoms with Crippen LogP contribution in [0.1, 0.15) is 40.0 Å². The Morgan fingerprint density at radius 3 is 2.28 bits per heavy atom. The molecule has 1 aromatic carbocycles. The van der Waals surface area contributed by atoms with E-state index in [9.17, 15) is 9.59 Å². The number of hydrogen-bond donors (Lipinski definition) is 0. The van der Waals surface area contributed by atoms with Crippen LogP contribution in [0.15, 0.2) is 24.3 Å². The molecule has 3 fully saturated rings. The second kappa shape index (κ2) is 5.84. The lowest BCUT2D eigenvalue weighted by atomic mass is 9.89. The van der Waals surface area contributed by atoms with Gasteiger partial charge in [-0.25, -0.2) is 0 Å². The molecule has 5 heteroatoms. The number of carbonyl (C=O) groups is 2. The average molecular weight is 344 g/mol. The van der Waals surface area contributed by atoms with E-state index in [-0.39, 0.29) is 17.9 Å². The molecule has 0 amide bonds. The number of fused-ring (bicyclic) bond motifs is 5. The molecule has 2 bridgehead atoms. The van der Waals surface area contributed by atoms with Crippen molar-refractivity contribution in [2.24, 2.45) is 23.2 Å². The summed E-state index contributed by atoms with van der Waals surface area (Å²) in [5.41, 5.74) is -0.518. The summed E-state index contributed by atoms with van der Waals surface area (Å²) in [6.07, 6.45) is 3.38. The minimum atomic E-state index is -0.518. The quantitative estimate of drug-likeness (QED) is 0.465. The number of rotatable bonds is 5. The van der Waals surface area contributed by atoms with Crippen LogP contribution in [0.25, 0.3) is 0 Å². The van der Waals surface area contributed by atoms with Crippen molar-refractivity contribution in [2.45, 2.75) is 52.2 Å². The van der Waals surface area contributed by atoms with Gasteiger partial charge in [0, 0.05) is 5.92 Å². The van der Waals surface area contributed by atoms with E-state index in [1.165, 1.54) is 0 Å². The van der Waals surface area contributed by atoms with Crippen LogP contribution in [-0.2, 0) is 14.3 Å². The molecular formula is C20H24O5. The number of carbonyl (C=O) groups excluding carboxylic acids is 2. The molecule has 5 atom stereocenters. The van der Waals surface area contributed by atoms with Gasteiger partial charge in [0.1, 0.15) is 11.5 Å². The lowest BCUT2D eigenvalue weighted by Gasteiger charge is -2.20. The van der Waals surface area contributed by atoms with Gasteiger partial charge < -0.3 is 14.2 Å². The van der Waals surface area contributed by atoms with Crippen molar-refractivity contribution in [1.29, 1.82) is 0 Å². The van der Waals surface area contributed by atoms with Gasteiger partial charge in [-0.05, 0) is 63.3 Å². The molecule has 134 valence electrons. The van der Waals surface area contributed by atoms with Crippen LogP contribution in [0.5, 0.6) is 11.5 Å². The van der Waals surface area contributed by atoms with E-state index in [4.69, 9.17) is 14.2 Å². The summed E-state index contributed by atoms with van der Waals surface area (Å²) in [4.78, 5) is 24.5. The van der Waals surface area contributed by atoms with Crippen LogP contribution in [0, 0.1) is 23.2 Å². The molecule has 3 aliphatic rings. The Kier molecular flexibility index (Phi) is 3.87. The number of hydrogen-bond acceptors (Lipinski definition) is 5. The van der Waals surface area contributed by atoms with Crippen molar-refractivity contribution < 1.29 is 23.8 Å². The number of benzene rings is 1. The standard InChI is InChI=1S/C20H24O5/c1-4-20(2,3)19(22)24-13-7-5-12(6-8-13)23-18(21)15-10-11-9-14(15)17-16(11)25-17/h5-8,11,14-17H,4,9-10H2,1-3H3. The average Bonchev–Trinajstić information content (AvgIpc) is 3.20. The molecule has 25 heavy (non-hydrogen) atoms. The molecule has 2 saturated carbocycles. The van der Waals surface area contributed by atoms with Crippen molar-refractivity contribution in [2.75, 3.05) is 0 Å². The fourth-order valence-electron chi connectivity index (χ4n) is 4.03. The first-order chi connectivity index (χ1) is 11.9. The SMILES string of the molecule is CCC(C)(C)C(=O)Oc1ccc(OC(=O)C2CC3CC2C2OC32)cc1. The topological polar surface area (TPSA) is 65.1 Å². The molecular weight excluding hydrogens is 320 g/mol. The van der Waals surface area contributed by atoms with Gasteiger partial charge in [0.2, 0.25) is 0 Å². The smallest absolute Gasteiger partial charge is 0.316 e. The zero-order chi connectivity index (χ0) is 17.8. The Morgan fingerprint density at radius 2 is 1.72 bits per heavy atom. The summed E-state index contributed by atoms with van der Waals surface area (Å²) in [6.45, 7) is 5.66. The van der Waals surface area contributed by atoms with Crippen molar-refractivity contribution in [3.8, 4) is 11.5 Å². The summed E-state index contributed by atoms with van der Waals surface area (Å²) < 4.78 is 16.5. The second-order valence-electron chi connectivity index (χ2n) is 8.09. The van der Waals surface area contributed by atoms with Crippen LogP contribution in [-0.4, -0.2) is 24.1 Å². The zero-order valence-electron chi connectivity index (χ0n) is 14.9. The fourth-order valence-corrected chi connectivity index (χ4v) is 4.03. The summed E-state index contributed by atoms with van der Waals surface area (Å²) in [7, 11) is 0. The highest BCUT2D eigenvalue weighted by molar-refractivity contribution is 5.78. The second-order valence-corrected chi connectivity index (χ2v) is 8.09. The van der Waals surface area contributed by atoms with Gasteiger partial charge >= 0.3 is 11.9 Å². The lowest BCUT2D eigenvalue weighted by molar-refractivity contribution is -0.144. The first-order valence-corrected chi connectivity index (χ1v) is 9.08. The normalized spacial score (nSPS) is 32.2. The monoisotopic (exact) mass is 344 g/mol. The van der Waals surface area contributed by atoms with Crippen LogP contribution in [0.3, 0.4) is 0 Å². The molecule has 0 N–H and O–H groups in total. The van der Waals surface area contributed by atoms with E-state index in [0.29, 0.717) is 42.0 Å². The van der Waals surface area contributed by atoms with Gasteiger partial charge in [-0.1, -0.05) is 6.92 Å². The molecule has 1 aliphatic heterocycles. The molecule has 1 aromatic rings. The lowest BCUT2D eigenvalue weighted by Crippen LogP contribution is -2.29. The van der Waals surface area contributed by atoms with Gasteiger partial charge in [0.25, 0.3) is 0 Å². The Hall–Kier alpha value is -1.88. The molecule has 5 nitrogen and oxygen atoms in total. The first-order valence-electron chi connectivity index (χ1n) is 9.08. The van der Waals surface area contributed by atoms with Crippen LogP contribution in [0.4, 0.5) is 0 Å². The minimum absolute atomic E-state index is 0.0448. The third-order valence-corrected chi connectivity index (χ3v) is 6.09. The van der Waals surface area contributed by atoms with Gasteiger partial charge in [0.15, 0.2) is 0 Å². The summed E-state index contributed by atoms with van der Waals surface area (Å²) in [5, 5.41) is 0. The number of esters is 2. The fraction of sp³-hybridized carbons (Fsp3) is 0.600. The Bertz CT molecular complexity index is 693. The molecule has 1 heterocycles. The Labute approximate surface area is 147 Å². The van der Waals surface area contributed by atoms with E-state index >= 15 is 0 Å². The highest BCUT2D eigenvalue weighted by Crippen LogP contribution is 2.59. The van der Waals surface area contributed by atoms with Crippen molar-refractivity contribution in [3.63, 3.8) is 0 Å². The summed E-state index contributed by atoms with van der Waals surface area (Å²) in [6, 6.07) is 6.66. The number of ether oxygens (including phenoxy) is 3. The molecule has 1 saturated heterocycles. The van der Waals surface area contributed by atoms with Gasteiger partial charge in [0.05, 0.1) is 23.5 Å². The predicted molar refractivity (Wildman–Crippen MR) is 90.1 cm³/mol. The van der Waals surface area contributed by atoms with Gasteiger partial charge in [-0.2, -0.15) is 0 Å². The first kappa shape index (κ1) is 16.6. The van der Waals surface area contributed by atoms with Crippen LogP contribution < -0.4 is 9.47 Å². The third kappa shape index (κ3) is 2.95. The van der Waals surface area contributed by atoms with E-state index < -0.39 is 5.41 Å². The predicted octanol–water partition coefficient (Wildman–Crippen LogP) is 3.36. The summed E-state index contributed by atoms with van der Waals surface area (Å²) in [5.74, 6) is 1.34. The molecule has 0 radical (unpaired) electrons. The van der Waals surface area contributed by atoms with Gasteiger partial charge in [-0.3, -0.25) is 9.59 Å². The molecule has 0 spiro atoms. The molecule has 2 aliphatic carbocycles. The van der Waals surface area contributed by atoms with E-state index in [1.807, 2.05) is 20.8 Å². The zero-order valence-corrected chi connectivity index (χ0v) is 14.9. The Balaban J connectivity index is 1.35. The number of epoxide rings is 1. The van der Waals surface area contributed by atoms with Crippen molar-refractivity contribution in [1.82, 2.24) is 0 Å².